The highest BCUT2D eigenvalue weighted by Gasteiger charge is 2.19. The van der Waals surface area contributed by atoms with E-state index in [9.17, 15) is 14.4 Å². The Morgan fingerprint density at radius 1 is 0.310 bits per heavy atom. The highest BCUT2D eigenvalue weighted by molar-refractivity contribution is 5.71. The third-order valence-electron chi connectivity index (χ3n) is 11.1. The summed E-state index contributed by atoms with van der Waals surface area (Å²) in [5.41, 5.74) is 0. The fourth-order valence-electron chi connectivity index (χ4n) is 6.96. The minimum absolute atomic E-state index is 0.126. The van der Waals surface area contributed by atoms with E-state index in [1.54, 1.807) is 0 Å². The molecule has 0 aromatic carbocycles. The van der Waals surface area contributed by atoms with Crippen LogP contribution in [0.3, 0.4) is 0 Å². The van der Waals surface area contributed by atoms with Crippen LogP contribution in [-0.4, -0.2) is 37.2 Å². The molecular formula is C65H100O6. The summed E-state index contributed by atoms with van der Waals surface area (Å²) in [6, 6.07) is 0. The van der Waals surface area contributed by atoms with E-state index < -0.39 is 6.10 Å². The molecule has 0 aromatic heterocycles. The van der Waals surface area contributed by atoms with E-state index in [0.29, 0.717) is 12.8 Å². The summed E-state index contributed by atoms with van der Waals surface area (Å²) >= 11 is 0. The molecule has 0 bridgehead atoms. The zero-order chi connectivity index (χ0) is 51.4. The Kier molecular flexibility index (Phi) is 53.6. The summed E-state index contributed by atoms with van der Waals surface area (Å²) in [5, 5.41) is 0. The first-order valence-electron chi connectivity index (χ1n) is 28.0. The molecule has 0 radical (unpaired) electrons. The average molecular weight is 978 g/mol. The van der Waals surface area contributed by atoms with Gasteiger partial charge >= 0.3 is 17.9 Å². The second kappa shape index (κ2) is 57.6. The number of allylic oxidation sites excluding steroid dienone is 26. The zero-order valence-corrected chi connectivity index (χ0v) is 45.2. The molecule has 1 atom stereocenters. The van der Waals surface area contributed by atoms with Gasteiger partial charge < -0.3 is 14.2 Å². The van der Waals surface area contributed by atoms with Gasteiger partial charge in [0.05, 0.1) is 0 Å². The third-order valence-corrected chi connectivity index (χ3v) is 11.1. The van der Waals surface area contributed by atoms with E-state index >= 15 is 0 Å². The van der Waals surface area contributed by atoms with Gasteiger partial charge in [0.2, 0.25) is 0 Å². The fourth-order valence-corrected chi connectivity index (χ4v) is 6.96. The van der Waals surface area contributed by atoms with E-state index in [-0.39, 0.29) is 44.0 Å². The summed E-state index contributed by atoms with van der Waals surface area (Å²) in [6.07, 6.45) is 83.7. The van der Waals surface area contributed by atoms with E-state index in [1.165, 1.54) is 32.1 Å². The minimum atomic E-state index is -0.836. The Labute approximate surface area is 435 Å². The predicted molar refractivity (Wildman–Crippen MR) is 306 cm³/mol. The number of hydrogen-bond acceptors (Lipinski definition) is 6. The summed E-state index contributed by atoms with van der Waals surface area (Å²) in [6.45, 7) is 6.26. The Hall–Kier alpha value is -4.97. The normalized spacial score (nSPS) is 13.3. The molecular weight excluding hydrogens is 877 g/mol. The lowest BCUT2D eigenvalue weighted by molar-refractivity contribution is -0.166. The molecule has 1 unspecified atom stereocenters. The lowest BCUT2D eigenvalue weighted by atomic mass is 10.1. The summed E-state index contributed by atoms with van der Waals surface area (Å²) in [5.74, 6) is -1.06. The quantitative estimate of drug-likeness (QED) is 0.0199. The topological polar surface area (TPSA) is 78.9 Å². The molecule has 0 fully saturated rings. The van der Waals surface area contributed by atoms with Crippen LogP contribution < -0.4 is 0 Å². The number of hydrogen-bond donors (Lipinski definition) is 0. The van der Waals surface area contributed by atoms with Gasteiger partial charge in [-0.1, -0.05) is 237 Å². The van der Waals surface area contributed by atoms with Crippen LogP contribution >= 0.6 is 0 Å². The number of rotatable bonds is 48. The Bertz CT molecular complexity index is 1640. The van der Waals surface area contributed by atoms with E-state index in [4.69, 9.17) is 14.2 Å². The third kappa shape index (κ3) is 55.8. The monoisotopic (exact) mass is 977 g/mol. The number of esters is 3. The minimum Gasteiger partial charge on any atom is -0.462 e. The first-order chi connectivity index (χ1) is 35.0. The number of carbonyl (C=O) groups is 3. The predicted octanol–water partition coefficient (Wildman–Crippen LogP) is 19.0. The van der Waals surface area contributed by atoms with Gasteiger partial charge in [0, 0.05) is 19.3 Å². The number of ether oxygens (including phenoxy) is 3. The summed E-state index contributed by atoms with van der Waals surface area (Å²) in [7, 11) is 0. The molecule has 71 heavy (non-hydrogen) atoms. The van der Waals surface area contributed by atoms with Gasteiger partial charge in [-0.05, 0) is 116 Å². The van der Waals surface area contributed by atoms with Gasteiger partial charge in [0.1, 0.15) is 13.2 Å². The van der Waals surface area contributed by atoms with Crippen molar-refractivity contribution in [2.24, 2.45) is 0 Å². The Morgan fingerprint density at radius 3 is 1.07 bits per heavy atom. The Morgan fingerprint density at radius 2 is 0.634 bits per heavy atom. The van der Waals surface area contributed by atoms with Crippen molar-refractivity contribution in [3.8, 4) is 0 Å². The molecule has 396 valence electrons. The molecule has 0 aliphatic carbocycles. The van der Waals surface area contributed by atoms with Crippen LogP contribution in [-0.2, 0) is 28.6 Å². The number of carbonyl (C=O) groups excluding carboxylic acids is 3. The first kappa shape index (κ1) is 66.0. The van der Waals surface area contributed by atoms with Crippen LogP contribution in [0.1, 0.15) is 213 Å². The SMILES string of the molecule is CC/C=C\C/C=C\C/C=C\C/C=C\C/C=C\CCC(=O)OCC(COC(=O)CCCCCCCC/C=C\C/C=C\C/C=C\C/C=C\CC)OC(=O)CCCCCCC\C=C/C=C\C=C/C=C\CCCCC. The molecule has 0 aliphatic heterocycles. The molecule has 0 aromatic rings. The average Bonchev–Trinajstić information content (AvgIpc) is 3.37. The maximum atomic E-state index is 12.9. The van der Waals surface area contributed by atoms with Crippen molar-refractivity contribution in [3.63, 3.8) is 0 Å². The van der Waals surface area contributed by atoms with Crippen molar-refractivity contribution in [3.05, 3.63) is 158 Å². The van der Waals surface area contributed by atoms with E-state index in [2.05, 4.69) is 167 Å². The van der Waals surface area contributed by atoms with Crippen molar-refractivity contribution in [1.82, 2.24) is 0 Å². The molecule has 0 aliphatic rings. The van der Waals surface area contributed by atoms with Gasteiger partial charge in [-0.3, -0.25) is 14.4 Å². The highest BCUT2D eigenvalue weighted by atomic mass is 16.6. The Balaban J connectivity index is 4.60. The second-order valence-corrected chi connectivity index (χ2v) is 17.8. The highest BCUT2D eigenvalue weighted by Crippen LogP contribution is 2.12. The molecule has 0 saturated carbocycles. The van der Waals surface area contributed by atoms with Crippen molar-refractivity contribution in [2.75, 3.05) is 13.2 Å². The molecule has 6 heteroatoms. The van der Waals surface area contributed by atoms with Crippen molar-refractivity contribution >= 4 is 17.9 Å². The zero-order valence-electron chi connectivity index (χ0n) is 45.2. The van der Waals surface area contributed by atoms with Crippen molar-refractivity contribution in [2.45, 2.75) is 219 Å². The molecule has 0 amide bonds. The second-order valence-electron chi connectivity index (χ2n) is 17.8. The number of unbranched alkanes of at least 4 members (excludes halogenated alkanes) is 14. The molecule has 0 N–H and O–H groups in total. The van der Waals surface area contributed by atoms with Crippen LogP contribution in [0.2, 0.25) is 0 Å². The van der Waals surface area contributed by atoms with Crippen molar-refractivity contribution < 1.29 is 28.6 Å². The first-order valence-corrected chi connectivity index (χ1v) is 28.0. The van der Waals surface area contributed by atoms with Gasteiger partial charge in [-0.25, -0.2) is 0 Å². The largest absolute Gasteiger partial charge is 0.462 e. The van der Waals surface area contributed by atoms with Crippen molar-refractivity contribution in [1.29, 1.82) is 0 Å². The lowest BCUT2D eigenvalue weighted by Crippen LogP contribution is -2.30. The van der Waals surface area contributed by atoms with Crippen LogP contribution in [0, 0.1) is 0 Å². The molecule has 0 heterocycles. The van der Waals surface area contributed by atoms with Crippen LogP contribution in [0.15, 0.2) is 158 Å². The maximum absolute atomic E-state index is 12.9. The summed E-state index contributed by atoms with van der Waals surface area (Å²) < 4.78 is 16.8. The summed E-state index contributed by atoms with van der Waals surface area (Å²) in [4.78, 5) is 38.1. The maximum Gasteiger partial charge on any atom is 0.306 e. The molecule has 0 rings (SSSR count). The molecule has 0 saturated heterocycles. The van der Waals surface area contributed by atoms with Crippen LogP contribution in [0.4, 0.5) is 0 Å². The van der Waals surface area contributed by atoms with Crippen LogP contribution in [0.5, 0.6) is 0 Å². The smallest absolute Gasteiger partial charge is 0.306 e. The lowest BCUT2D eigenvalue weighted by Gasteiger charge is -2.18. The standard InChI is InChI=1S/C65H100O6/c1-4-7-10-13-16-19-22-25-28-31-33-35-37-40-43-46-49-52-55-58-64(67)70-61-62(60-69-63(66)57-54-51-48-45-42-39-36-30-27-24-21-18-15-12-9-6-3)71-65(68)59-56-53-50-47-44-41-38-34-32-29-26-23-20-17-14-11-8-5-2/h7,9-10,12,16-21,23,25-30,32-35,38-39,42,48,51,62H,4-6,8,11,13-15,22,24,31,36-37,40-41,43-47,49-50,52-61H2,1-3H3/b10-7-,12-9-,19-16-,20-17-,21-18-,26-23-,28-25-,30-27-,32-29-,35-33-,38-34-,42-39-,51-48-. The van der Waals surface area contributed by atoms with Gasteiger partial charge in [0.25, 0.3) is 0 Å². The van der Waals surface area contributed by atoms with Gasteiger partial charge in [0.15, 0.2) is 6.10 Å². The molecule has 0 spiro atoms. The van der Waals surface area contributed by atoms with Crippen LogP contribution in [0.25, 0.3) is 0 Å². The van der Waals surface area contributed by atoms with E-state index in [0.717, 1.165) is 135 Å². The van der Waals surface area contributed by atoms with Gasteiger partial charge in [-0.2, -0.15) is 0 Å². The fraction of sp³-hybridized carbons (Fsp3) is 0.554. The van der Waals surface area contributed by atoms with E-state index in [1.807, 2.05) is 12.2 Å². The van der Waals surface area contributed by atoms with Gasteiger partial charge in [-0.15, -0.1) is 0 Å². The molecule has 6 nitrogen and oxygen atoms in total.